The maximum atomic E-state index is 12.7. The van der Waals surface area contributed by atoms with Crippen molar-refractivity contribution >= 4 is 5.91 Å². The molecule has 1 fully saturated rings. The summed E-state index contributed by atoms with van der Waals surface area (Å²) >= 11 is 0. The van der Waals surface area contributed by atoms with Gasteiger partial charge in [-0.25, -0.2) is 4.68 Å². The fourth-order valence-corrected chi connectivity index (χ4v) is 3.10. The van der Waals surface area contributed by atoms with E-state index >= 15 is 0 Å². The number of likely N-dealkylation sites (N-methyl/N-ethyl adjacent to an activating group) is 1. The van der Waals surface area contributed by atoms with Crippen molar-refractivity contribution in [1.29, 1.82) is 0 Å². The minimum absolute atomic E-state index is 0.106. The van der Waals surface area contributed by atoms with E-state index in [9.17, 15) is 9.59 Å². The van der Waals surface area contributed by atoms with Crippen LogP contribution in [0.4, 0.5) is 0 Å². The van der Waals surface area contributed by atoms with Gasteiger partial charge in [0.05, 0.1) is 5.69 Å². The van der Waals surface area contributed by atoms with Gasteiger partial charge in [-0.1, -0.05) is 17.7 Å². The number of rotatable bonds is 4. The Labute approximate surface area is 135 Å². The van der Waals surface area contributed by atoms with Gasteiger partial charge in [0.25, 0.3) is 11.5 Å². The fourth-order valence-electron chi connectivity index (χ4n) is 3.10. The number of aryl methyl sites for hydroxylation is 1. The second kappa shape index (κ2) is 6.42. The Kier molecular flexibility index (Phi) is 4.34. The lowest BCUT2D eigenvalue weighted by atomic mass is 10.2. The molecule has 1 aliphatic heterocycles. The van der Waals surface area contributed by atoms with Gasteiger partial charge in [0, 0.05) is 25.2 Å². The molecule has 2 aromatic rings. The highest BCUT2D eigenvalue weighted by atomic mass is 16.2. The number of nitrogens with zero attached hydrogens (tertiary/aromatic N) is 2. The highest BCUT2D eigenvalue weighted by molar-refractivity contribution is 5.92. The molecule has 1 aromatic carbocycles. The van der Waals surface area contributed by atoms with Crippen LogP contribution >= 0.6 is 0 Å². The van der Waals surface area contributed by atoms with Crippen LogP contribution in [0.3, 0.4) is 0 Å². The number of hydrogen-bond donors (Lipinski definition) is 2. The smallest absolute Gasteiger partial charge is 0.272 e. The van der Waals surface area contributed by atoms with Crippen LogP contribution in [-0.2, 0) is 0 Å². The average Bonchev–Trinajstić information content (AvgIpc) is 3.15. The molecule has 0 spiro atoms. The second-order valence-electron chi connectivity index (χ2n) is 6.03. The SMILES string of the molecule is CNCC1CCCN1C(=O)c1cc(=O)n(-c2ccc(C)cc2)[nH]1. The van der Waals surface area contributed by atoms with Crippen molar-refractivity contribution in [2.45, 2.75) is 25.8 Å². The first kappa shape index (κ1) is 15.6. The van der Waals surface area contributed by atoms with Crippen LogP contribution in [0.15, 0.2) is 35.1 Å². The molecular formula is C17H22N4O2. The van der Waals surface area contributed by atoms with Crippen LogP contribution in [-0.4, -0.2) is 46.8 Å². The fraction of sp³-hybridized carbons (Fsp3) is 0.412. The van der Waals surface area contributed by atoms with Gasteiger partial charge >= 0.3 is 0 Å². The molecule has 3 rings (SSSR count). The van der Waals surface area contributed by atoms with Crippen LogP contribution < -0.4 is 10.9 Å². The van der Waals surface area contributed by atoms with Crippen molar-refractivity contribution in [2.24, 2.45) is 0 Å². The van der Waals surface area contributed by atoms with E-state index in [-0.39, 0.29) is 17.5 Å². The minimum atomic E-state index is -0.221. The number of nitrogens with one attached hydrogen (secondary N) is 2. The van der Waals surface area contributed by atoms with Crippen molar-refractivity contribution < 1.29 is 4.79 Å². The van der Waals surface area contributed by atoms with E-state index in [4.69, 9.17) is 0 Å². The zero-order valence-corrected chi connectivity index (χ0v) is 13.5. The number of aromatic nitrogens is 2. The number of carbonyl (C=O) groups is 1. The molecule has 2 heterocycles. The van der Waals surface area contributed by atoms with Crippen LogP contribution in [0.1, 0.15) is 28.9 Å². The van der Waals surface area contributed by atoms with Crippen molar-refractivity contribution in [3.63, 3.8) is 0 Å². The molecule has 0 aliphatic carbocycles. The molecule has 1 aromatic heterocycles. The van der Waals surface area contributed by atoms with Gasteiger partial charge in [-0.2, -0.15) is 0 Å². The summed E-state index contributed by atoms with van der Waals surface area (Å²) in [5, 5.41) is 6.07. The summed E-state index contributed by atoms with van der Waals surface area (Å²) in [6.45, 7) is 3.50. The number of likely N-dealkylation sites (tertiary alicyclic amines) is 1. The van der Waals surface area contributed by atoms with Crippen LogP contribution in [0.25, 0.3) is 5.69 Å². The third-order valence-electron chi connectivity index (χ3n) is 4.32. The molecular weight excluding hydrogens is 292 g/mol. The topological polar surface area (TPSA) is 70.1 Å². The highest BCUT2D eigenvalue weighted by Gasteiger charge is 2.30. The second-order valence-corrected chi connectivity index (χ2v) is 6.03. The first-order chi connectivity index (χ1) is 11.1. The van der Waals surface area contributed by atoms with Gasteiger partial charge in [-0.15, -0.1) is 0 Å². The number of H-pyrrole nitrogens is 1. The molecule has 6 heteroatoms. The Balaban J connectivity index is 1.87. The zero-order chi connectivity index (χ0) is 16.4. The first-order valence-corrected chi connectivity index (χ1v) is 7.95. The molecule has 1 unspecified atom stereocenters. The third kappa shape index (κ3) is 3.07. The number of aromatic amines is 1. The Morgan fingerprint density at radius 3 is 2.78 bits per heavy atom. The van der Waals surface area contributed by atoms with Gasteiger partial charge < -0.3 is 10.2 Å². The van der Waals surface area contributed by atoms with E-state index in [1.54, 1.807) is 0 Å². The van der Waals surface area contributed by atoms with E-state index in [1.165, 1.54) is 10.7 Å². The molecule has 1 amide bonds. The van der Waals surface area contributed by atoms with Crippen LogP contribution in [0.2, 0.25) is 0 Å². The highest BCUT2D eigenvalue weighted by Crippen LogP contribution is 2.19. The molecule has 1 aliphatic rings. The maximum Gasteiger partial charge on any atom is 0.272 e. The molecule has 2 N–H and O–H groups in total. The third-order valence-corrected chi connectivity index (χ3v) is 4.32. The summed E-state index contributed by atoms with van der Waals surface area (Å²) in [6.07, 6.45) is 2.00. The van der Waals surface area contributed by atoms with Gasteiger partial charge in [-0.3, -0.25) is 14.7 Å². The Bertz CT molecular complexity index is 745. The lowest BCUT2D eigenvalue weighted by molar-refractivity contribution is 0.0730. The normalized spacial score (nSPS) is 17.7. The summed E-state index contributed by atoms with van der Waals surface area (Å²) in [6, 6.07) is 9.18. The van der Waals surface area contributed by atoms with Crippen LogP contribution in [0.5, 0.6) is 0 Å². The van der Waals surface area contributed by atoms with Crippen molar-refractivity contribution in [3.8, 4) is 5.69 Å². The first-order valence-electron chi connectivity index (χ1n) is 7.95. The predicted molar refractivity (Wildman–Crippen MR) is 89.1 cm³/mol. The summed E-state index contributed by atoms with van der Waals surface area (Å²) in [7, 11) is 1.89. The summed E-state index contributed by atoms with van der Waals surface area (Å²) in [5.74, 6) is -0.106. The van der Waals surface area contributed by atoms with E-state index in [2.05, 4.69) is 10.4 Å². The van der Waals surface area contributed by atoms with Crippen LogP contribution in [0, 0.1) is 6.92 Å². The lowest BCUT2D eigenvalue weighted by Gasteiger charge is -2.23. The number of benzene rings is 1. The quantitative estimate of drug-likeness (QED) is 0.893. The minimum Gasteiger partial charge on any atom is -0.333 e. The molecule has 122 valence electrons. The van der Waals surface area contributed by atoms with E-state index in [0.29, 0.717) is 5.69 Å². The van der Waals surface area contributed by atoms with Gasteiger partial charge in [-0.05, 0) is 38.9 Å². The lowest BCUT2D eigenvalue weighted by Crippen LogP contribution is -2.41. The molecule has 6 nitrogen and oxygen atoms in total. The van der Waals surface area contributed by atoms with Crippen molar-refractivity contribution in [1.82, 2.24) is 20.0 Å². The molecule has 0 bridgehead atoms. The van der Waals surface area contributed by atoms with E-state index < -0.39 is 0 Å². The summed E-state index contributed by atoms with van der Waals surface area (Å²) < 4.78 is 1.41. The summed E-state index contributed by atoms with van der Waals surface area (Å²) in [5.41, 5.74) is 1.98. The van der Waals surface area contributed by atoms with Crippen molar-refractivity contribution in [2.75, 3.05) is 20.1 Å². The number of hydrogen-bond acceptors (Lipinski definition) is 3. The molecule has 0 radical (unpaired) electrons. The largest absolute Gasteiger partial charge is 0.333 e. The molecule has 23 heavy (non-hydrogen) atoms. The Hall–Kier alpha value is -2.34. The predicted octanol–water partition coefficient (Wildman–Crippen LogP) is 1.30. The van der Waals surface area contributed by atoms with E-state index in [1.807, 2.05) is 43.1 Å². The van der Waals surface area contributed by atoms with Gasteiger partial charge in [0.15, 0.2) is 0 Å². The summed E-state index contributed by atoms with van der Waals surface area (Å²) in [4.78, 5) is 26.7. The van der Waals surface area contributed by atoms with Gasteiger partial charge in [0.2, 0.25) is 0 Å². The van der Waals surface area contributed by atoms with Crippen molar-refractivity contribution in [3.05, 3.63) is 51.9 Å². The molecule has 1 atom stereocenters. The monoisotopic (exact) mass is 314 g/mol. The maximum absolute atomic E-state index is 12.7. The zero-order valence-electron chi connectivity index (χ0n) is 13.5. The molecule has 0 saturated carbocycles. The van der Waals surface area contributed by atoms with Gasteiger partial charge in [0.1, 0.15) is 5.69 Å². The van der Waals surface area contributed by atoms with E-state index in [0.717, 1.165) is 37.2 Å². The number of amides is 1. The standard InChI is InChI=1S/C17H22N4O2/c1-12-5-7-13(8-6-12)21-16(22)10-15(19-21)17(23)20-9-3-4-14(20)11-18-2/h5-8,10,14,18-19H,3-4,9,11H2,1-2H3. The Morgan fingerprint density at radius 2 is 2.09 bits per heavy atom. The average molecular weight is 314 g/mol. The number of carbonyl (C=O) groups excluding carboxylic acids is 1. The molecule has 1 saturated heterocycles. The Morgan fingerprint density at radius 1 is 1.35 bits per heavy atom.